The van der Waals surface area contributed by atoms with Crippen molar-refractivity contribution in [3.05, 3.63) is 35.3 Å². The molecule has 0 radical (unpaired) electrons. The molecule has 0 saturated heterocycles. The van der Waals surface area contributed by atoms with Crippen LogP contribution in [0.4, 0.5) is 4.39 Å². The fourth-order valence-electron chi connectivity index (χ4n) is 2.34. The van der Waals surface area contributed by atoms with E-state index in [0.29, 0.717) is 24.1 Å². The fourth-order valence-corrected chi connectivity index (χ4v) is 2.34. The molecular formula is C16H21FN2O. The second-order valence-electron chi connectivity index (χ2n) is 5.97. The maximum absolute atomic E-state index is 13.9. The van der Waals surface area contributed by atoms with Gasteiger partial charge >= 0.3 is 0 Å². The minimum absolute atomic E-state index is 0.0978. The second kappa shape index (κ2) is 5.37. The largest absolute Gasteiger partial charge is 0.496 e. The lowest BCUT2D eigenvalue weighted by molar-refractivity contribution is 0.377. The van der Waals surface area contributed by atoms with E-state index < -0.39 is 0 Å². The molecule has 0 atom stereocenters. The molecule has 3 nitrogen and oxygen atoms in total. The number of hydrogen-bond acceptors (Lipinski definition) is 3. The van der Waals surface area contributed by atoms with E-state index in [1.54, 1.807) is 13.2 Å². The van der Waals surface area contributed by atoms with E-state index in [1.165, 1.54) is 6.07 Å². The molecule has 0 aliphatic heterocycles. The number of pyridine rings is 1. The van der Waals surface area contributed by atoms with Crippen LogP contribution in [0.15, 0.2) is 18.2 Å². The molecule has 2 rings (SSSR count). The molecule has 0 aliphatic rings. The Morgan fingerprint density at radius 3 is 2.60 bits per heavy atom. The lowest BCUT2D eigenvalue weighted by Crippen LogP contribution is -2.26. The van der Waals surface area contributed by atoms with E-state index in [9.17, 15) is 4.39 Å². The Labute approximate surface area is 119 Å². The van der Waals surface area contributed by atoms with Gasteiger partial charge in [0, 0.05) is 17.1 Å². The highest BCUT2D eigenvalue weighted by Crippen LogP contribution is 2.31. The molecule has 0 spiro atoms. The summed E-state index contributed by atoms with van der Waals surface area (Å²) < 4.78 is 19.2. The van der Waals surface area contributed by atoms with Crippen molar-refractivity contribution in [2.75, 3.05) is 13.7 Å². The topological polar surface area (TPSA) is 48.1 Å². The van der Waals surface area contributed by atoms with Crippen molar-refractivity contribution in [1.82, 2.24) is 4.98 Å². The SMILES string of the molecule is COc1cc(C)nc2c(CC(C)(C)CN)cc(F)cc12. The number of aromatic nitrogens is 1. The Kier molecular flexibility index (Phi) is 3.95. The van der Waals surface area contributed by atoms with Crippen molar-refractivity contribution >= 4 is 10.9 Å². The maximum Gasteiger partial charge on any atom is 0.130 e. The number of hydrogen-bond donors (Lipinski definition) is 1. The van der Waals surface area contributed by atoms with Crippen molar-refractivity contribution in [3.8, 4) is 5.75 Å². The lowest BCUT2D eigenvalue weighted by atomic mass is 9.85. The number of aryl methyl sites for hydroxylation is 1. The van der Waals surface area contributed by atoms with Crippen molar-refractivity contribution in [3.63, 3.8) is 0 Å². The zero-order valence-electron chi connectivity index (χ0n) is 12.5. The highest BCUT2D eigenvalue weighted by Gasteiger charge is 2.20. The van der Waals surface area contributed by atoms with Gasteiger partial charge in [0.15, 0.2) is 0 Å². The van der Waals surface area contributed by atoms with Gasteiger partial charge in [-0.3, -0.25) is 4.98 Å². The highest BCUT2D eigenvalue weighted by molar-refractivity contribution is 5.88. The minimum atomic E-state index is -0.274. The molecule has 0 saturated carbocycles. The summed E-state index contributed by atoms with van der Waals surface area (Å²) in [6.07, 6.45) is 0.678. The van der Waals surface area contributed by atoms with Crippen molar-refractivity contribution in [1.29, 1.82) is 0 Å². The van der Waals surface area contributed by atoms with Crippen LogP contribution >= 0.6 is 0 Å². The number of halogens is 1. The highest BCUT2D eigenvalue weighted by atomic mass is 19.1. The van der Waals surface area contributed by atoms with Crippen molar-refractivity contribution < 1.29 is 9.13 Å². The van der Waals surface area contributed by atoms with E-state index in [4.69, 9.17) is 10.5 Å². The molecule has 1 aromatic carbocycles. The zero-order chi connectivity index (χ0) is 14.9. The summed E-state index contributed by atoms with van der Waals surface area (Å²) in [5.41, 5.74) is 8.21. The Hall–Kier alpha value is -1.68. The second-order valence-corrected chi connectivity index (χ2v) is 5.97. The molecule has 0 aliphatic carbocycles. The number of benzene rings is 1. The molecule has 20 heavy (non-hydrogen) atoms. The average molecular weight is 276 g/mol. The first-order chi connectivity index (χ1) is 9.36. The number of ether oxygens (including phenoxy) is 1. The Balaban J connectivity index is 2.68. The van der Waals surface area contributed by atoms with Crippen LogP contribution in [0.5, 0.6) is 5.75 Å². The summed E-state index contributed by atoms with van der Waals surface area (Å²) in [5.74, 6) is 0.378. The van der Waals surface area contributed by atoms with Crippen molar-refractivity contribution in [2.24, 2.45) is 11.1 Å². The molecule has 0 unspecified atom stereocenters. The molecule has 1 aromatic heterocycles. The van der Waals surface area contributed by atoms with Crippen LogP contribution in [0.1, 0.15) is 25.1 Å². The van der Waals surface area contributed by atoms with Gasteiger partial charge in [0.2, 0.25) is 0 Å². The summed E-state index contributed by atoms with van der Waals surface area (Å²) in [7, 11) is 1.59. The predicted molar refractivity (Wildman–Crippen MR) is 79.5 cm³/mol. The van der Waals surface area contributed by atoms with Gasteiger partial charge in [0.1, 0.15) is 11.6 Å². The van der Waals surface area contributed by atoms with Gasteiger partial charge in [0.05, 0.1) is 12.6 Å². The number of nitrogens with two attached hydrogens (primary N) is 1. The maximum atomic E-state index is 13.9. The first kappa shape index (κ1) is 14.7. The van der Waals surface area contributed by atoms with Crippen LogP contribution in [-0.4, -0.2) is 18.6 Å². The fraction of sp³-hybridized carbons (Fsp3) is 0.438. The number of methoxy groups -OCH3 is 1. The molecule has 108 valence electrons. The van der Waals surface area contributed by atoms with E-state index in [-0.39, 0.29) is 11.2 Å². The third kappa shape index (κ3) is 2.90. The van der Waals surface area contributed by atoms with Crippen LogP contribution in [0.25, 0.3) is 10.9 Å². The van der Waals surface area contributed by atoms with Crippen LogP contribution in [0.3, 0.4) is 0 Å². The molecule has 4 heteroatoms. The van der Waals surface area contributed by atoms with Gasteiger partial charge in [-0.25, -0.2) is 4.39 Å². The summed E-state index contributed by atoms with van der Waals surface area (Å²) in [5, 5.41) is 0.709. The van der Waals surface area contributed by atoms with E-state index in [1.807, 2.05) is 13.0 Å². The van der Waals surface area contributed by atoms with Crippen LogP contribution in [0.2, 0.25) is 0 Å². The summed E-state index contributed by atoms with van der Waals surface area (Å²) in [6.45, 7) is 6.57. The Bertz CT molecular complexity index is 638. The minimum Gasteiger partial charge on any atom is -0.496 e. The molecule has 2 N–H and O–H groups in total. The summed E-state index contributed by atoms with van der Waals surface area (Å²) in [4.78, 5) is 4.56. The third-order valence-corrected chi connectivity index (χ3v) is 3.49. The Morgan fingerprint density at radius 1 is 1.30 bits per heavy atom. The molecule has 2 aromatic rings. The van der Waals surface area contributed by atoms with Crippen LogP contribution in [-0.2, 0) is 6.42 Å². The van der Waals surface area contributed by atoms with Gasteiger partial charge in [-0.15, -0.1) is 0 Å². The first-order valence-electron chi connectivity index (χ1n) is 6.70. The molecule has 0 amide bonds. The van der Waals surface area contributed by atoms with Gasteiger partial charge in [-0.2, -0.15) is 0 Å². The van der Waals surface area contributed by atoms with Crippen molar-refractivity contribution in [2.45, 2.75) is 27.2 Å². The van der Waals surface area contributed by atoms with Gasteiger partial charge < -0.3 is 10.5 Å². The average Bonchev–Trinajstić information content (AvgIpc) is 2.38. The Morgan fingerprint density at radius 2 is 2.00 bits per heavy atom. The number of rotatable bonds is 4. The number of fused-ring (bicyclic) bond motifs is 1. The lowest BCUT2D eigenvalue weighted by Gasteiger charge is -2.23. The predicted octanol–water partition coefficient (Wildman–Crippen LogP) is 3.22. The van der Waals surface area contributed by atoms with Gasteiger partial charge in [-0.05, 0) is 43.0 Å². The monoisotopic (exact) mass is 276 g/mol. The third-order valence-electron chi connectivity index (χ3n) is 3.49. The van der Waals surface area contributed by atoms with E-state index >= 15 is 0 Å². The van der Waals surface area contributed by atoms with E-state index in [2.05, 4.69) is 18.8 Å². The smallest absolute Gasteiger partial charge is 0.130 e. The summed E-state index contributed by atoms with van der Waals surface area (Å²) in [6, 6.07) is 4.84. The molecular weight excluding hydrogens is 255 g/mol. The molecule has 0 fully saturated rings. The number of nitrogens with zero attached hydrogens (tertiary/aromatic N) is 1. The van der Waals surface area contributed by atoms with Crippen LogP contribution < -0.4 is 10.5 Å². The normalized spacial score (nSPS) is 11.9. The van der Waals surface area contributed by atoms with E-state index in [0.717, 1.165) is 16.8 Å². The van der Waals surface area contributed by atoms with Gasteiger partial charge in [0.25, 0.3) is 0 Å². The quantitative estimate of drug-likeness (QED) is 0.932. The van der Waals surface area contributed by atoms with Crippen LogP contribution in [0, 0.1) is 18.2 Å². The van der Waals surface area contributed by atoms with Gasteiger partial charge in [-0.1, -0.05) is 13.8 Å². The first-order valence-corrected chi connectivity index (χ1v) is 6.70. The molecule has 1 heterocycles. The zero-order valence-corrected chi connectivity index (χ0v) is 12.5. The molecule has 0 bridgehead atoms. The summed E-state index contributed by atoms with van der Waals surface area (Å²) >= 11 is 0. The standard InChI is InChI=1S/C16H21FN2O/c1-10-5-14(20-4)13-7-12(17)6-11(15(13)19-10)8-16(2,3)9-18/h5-7H,8-9,18H2,1-4H3.